The van der Waals surface area contributed by atoms with Gasteiger partial charge in [-0.15, -0.1) is 11.3 Å². The van der Waals surface area contributed by atoms with Crippen LogP contribution in [0.1, 0.15) is 9.88 Å². The lowest BCUT2D eigenvalue weighted by atomic mass is 10.1. The van der Waals surface area contributed by atoms with Crippen LogP contribution in [0.2, 0.25) is 5.02 Å². The van der Waals surface area contributed by atoms with Crippen LogP contribution in [0, 0.1) is 6.92 Å². The lowest BCUT2D eigenvalue weighted by Crippen LogP contribution is -2.09. The summed E-state index contributed by atoms with van der Waals surface area (Å²) in [4.78, 5) is 5.93. The number of hydrogen-bond donors (Lipinski definition) is 1. The molecule has 1 N–H and O–H groups in total. The summed E-state index contributed by atoms with van der Waals surface area (Å²) >= 11 is 7.76. The molecule has 0 saturated carbocycles. The molecule has 0 amide bonds. The van der Waals surface area contributed by atoms with Crippen LogP contribution in [0.5, 0.6) is 0 Å². The van der Waals surface area contributed by atoms with Gasteiger partial charge in [-0.25, -0.2) is 4.98 Å². The number of hydrogen-bond acceptors (Lipinski definition) is 3. The van der Waals surface area contributed by atoms with Crippen LogP contribution in [-0.4, -0.2) is 18.6 Å². The maximum atomic E-state index is 6.00. The van der Waals surface area contributed by atoms with Gasteiger partial charge in [-0.1, -0.05) is 23.7 Å². The third-order valence-electron chi connectivity index (χ3n) is 2.53. The summed E-state index contributed by atoms with van der Waals surface area (Å²) in [5.74, 6) is 0. The van der Waals surface area contributed by atoms with E-state index in [0.717, 1.165) is 29.2 Å². The Bertz CT molecular complexity index is 508. The highest BCUT2D eigenvalue weighted by Crippen LogP contribution is 2.29. The molecular formula is C13H15ClN2S. The second-order valence-corrected chi connectivity index (χ2v) is 5.60. The zero-order chi connectivity index (χ0) is 12.3. The van der Waals surface area contributed by atoms with Crippen LogP contribution in [0.25, 0.3) is 11.3 Å². The number of benzene rings is 1. The quantitative estimate of drug-likeness (QED) is 0.916. The Kier molecular flexibility index (Phi) is 4.15. The summed E-state index contributed by atoms with van der Waals surface area (Å²) < 4.78 is 0. The van der Waals surface area contributed by atoms with Crippen LogP contribution >= 0.6 is 22.9 Å². The van der Waals surface area contributed by atoms with Crippen molar-refractivity contribution in [1.29, 1.82) is 0 Å². The number of nitrogens with zero attached hydrogens (tertiary/aromatic N) is 1. The Morgan fingerprint density at radius 2 is 2.24 bits per heavy atom. The smallest absolute Gasteiger partial charge is 0.0948 e. The Labute approximate surface area is 111 Å². The van der Waals surface area contributed by atoms with E-state index in [1.165, 1.54) is 9.88 Å². The molecule has 0 fully saturated rings. The zero-order valence-corrected chi connectivity index (χ0v) is 11.5. The van der Waals surface area contributed by atoms with Crippen LogP contribution < -0.4 is 5.32 Å². The van der Waals surface area contributed by atoms with Crippen molar-refractivity contribution < 1.29 is 0 Å². The highest BCUT2D eigenvalue weighted by Gasteiger charge is 2.09. The van der Waals surface area contributed by atoms with E-state index in [4.69, 9.17) is 11.6 Å². The molecule has 0 atom stereocenters. The molecule has 4 heteroatoms. The second-order valence-electron chi connectivity index (χ2n) is 3.88. The van der Waals surface area contributed by atoms with Crippen molar-refractivity contribution in [3.63, 3.8) is 0 Å². The minimum absolute atomic E-state index is 0.756. The van der Waals surface area contributed by atoms with Crippen molar-refractivity contribution in [2.75, 3.05) is 13.6 Å². The van der Waals surface area contributed by atoms with Gasteiger partial charge in [0.05, 0.1) is 10.7 Å². The Morgan fingerprint density at radius 1 is 1.41 bits per heavy atom. The minimum atomic E-state index is 0.756. The molecule has 1 heterocycles. The van der Waals surface area contributed by atoms with Gasteiger partial charge in [0.2, 0.25) is 0 Å². The van der Waals surface area contributed by atoms with E-state index in [1.54, 1.807) is 11.3 Å². The molecule has 17 heavy (non-hydrogen) atoms. The topological polar surface area (TPSA) is 24.9 Å². The molecule has 1 aromatic carbocycles. The lowest BCUT2D eigenvalue weighted by Gasteiger charge is -1.99. The number of rotatable bonds is 4. The second kappa shape index (κ2) is 5.63. The average molecular weight is 267 g/mol. The van der Waals surface area contributed by atoms with Gasteiger partial charge in [-0.05, 0) is 26.1 Å². The SMILES string of the molecule is CNCCc1nc(-c2cccc(Cl)c2)c(C)s1. The normalized spacial score (nSPS) is 10.8. The molecule has 0 aliphatic carbocycles. The third-order valence-corrected chi connectivity index (χ3v) is 3.79. The molecule has 0 aliphatic rings. The minimum Gasteiger partial charge on any atom is -0.319 e. The van der Waals surface area contributed by atoms with Gasteiger partial charge < -0.3 is 5.32 Å². The fourth-order valence-electron chi connectivity index (χ4n) is 1.69. The van der Waals surface area contributed by atoms with E-state index in [-0.39, 0.29) is 0 Å². The molecule has 0 unspecified atom stereocenters. The van der Waals surface area contributed by atoms with E-state index in [1.807, 2.05) is 25.2 Å². The highest BCUT2D eigenvalue weighted by atomic mass is 35.5. The Hall–Kier alpha value is -0.900. The number of aryl methyl sites for hydroxylation is 1. The van der Waals surface area contributed by atoms with Crippen molar-refractivity contribution in [2.24, 2.45) is 0 Å². The fraction of sp³-hybridized carbons (Fsp3) is 0.308. The van der Waals surface area contributed by atoms with Crippen molar-refractivity contribution in [1.82, 2.24) is 10.3 Å². The number of nitrogens with one attached hydrogen (secondary N) is 1. The number of likely N-dealkylation sites (N-methyl/N-ethyl adjacent to an activating group) is 1. The summed E-state index contributed by atoms with van der Waals surface area (Å²) in [5.41, 5.74) is 2.16. The molecule has 90 valence electrons. The molecule has 2 aromatic rings. The van der Waals surface area contributed by atoms with Crippen molar-refractivity contribution in [3.05, 3.63) is 39.2 Å². The molecule has 0 aliphatic heterocycles. The molecule has 0 spiro atoms. The lowest BCUT2D eigenvalue weighted by molar-refractivity contribution is 0.788. The maximum Gasteiger partial charge on any atom is 0.0948 e. The number of aromatic nitrogens is 1. The number of halogens is 1. The van der Waals surface area contributed by atoms with E-state index in [2.05, 4.69) is 23.3 Å². The van der Waals surface area contributed by atoms with Gasteiger partial charge in [0.15, 0.2) is 0 Å². The van der Waals surface area contributed by atoms with Gasteiger partial charge in [0.1, 0.15) is 0 Å². The predicted molar refractivity (Wildman–Crippen MR) is 74.9 cm³/mol. The van der Waals surface area contributed by atoms with Crippen LogP contribution in [0.3, 0.4) is 0 Å². The Balaban J connectivity index is 2.29. The van der Waals surface area contributed by atoms with E-state index < -0.39 is 0 Å². The Morgan fingerprint density at radius 3 is 2.94 bits per heavy atom. The van der Waals surface area contributed by atoms with Crippen molar-refractivity contribution in [2.45, 2.75) is 13.3 Å². The summed E-state index contributed by atoms with van der Waals surface area (Å²) in [6.07, 6.45) is 0.975. The monoisotopic (exact) mass is 266 g/mol. The van der Waals surface area contributed by atoms with Gasteiger partial charge in [-0.3, -0.25) is 0 Å². The zero-order valence-electron chi connectivity index (χ0n) is 9.96. The number of thiazole rings is 1. The summed E-state index contributed by atoms with van der Waals surface area (Å²) in [5, 5.41) is 5.07. The van der Waals surface area contributed by atoms with Crippen molar-refractivity contribution >= 4 is 22.9 Å². The molecular weight excluding hydrogens is 252 g/mol. The molecule has 0 radical (unpaired) electrons. The first-order valence-corrected chi connectivity index (χ1v) is 6.77. The van der Waals surface area contributed by atoms with Crippen molar-refractivity contribution in [3.8, 4) is 11.3 Å². The van der Waals surface area contributed by atoms with Crippen LogP contribution in [0.4, 0.5) is 0 Å². The van der Waals surface area contributed by atoms with Crippen LogP contribution in [-0.2, 0) is 6.42 Å². The van der Waals surface area contributed by atoms with Gasteiger partial charge >= 0.3 is 0 Å². The molecule has 2 rings (SSSR count). The first-order chi connectivity index (χ1) is 8.20. The fourth-order valence-corrected chi connectivity index (χ4v) is 2.84. The predicted octanol–water partition coefficient (Wildman–Crippen LogP) is 3.53. The van der Waals surface area contributed by atoms with Crippen LogP contribution in [0.15, 0.2) is 24.3 Å². The molecule has 1 aromatic heterocycles. The first kappa shape index (κ1) is 12.6. The largest absolute Gasteiger partial charge is 0.319 e. The molecule has 2 nitrogen and oxygen atoms in total. The average Bonchev–Trinajstić information content (AvgIpc) is 2.68. The summed E-state index contributed by atoms with van der Waals surface area (Å²) in [7, 11) is 1.96. The van der Waals surface area contributed by atoms with Gasteiger partial charge in [0.25, 0.3) is 0 Å². The standard InChI is InChI=1S/C13H15ClN2S/c1-9-13(10-4-3-5-11(14)8-10)16-12(17-9)6-7-15-2/h3-5,8,15H,6-7H2,1-2H3. The summed E-state index contributed by atoms with van der Waals surface area (Å²) in [6, 6.07) is 7.86. The van der Waals surface area contributed by atoms with E-state index >= 15 is 0 Å². The highest BCUT2D eigenvalue weighted by molar-refractivity contribution is 7.12. The van der Waals surface area contributed by atoms with E-state index in [9.17, 15) is 0 Å². The molecule has 0 bridgehead atoms. The third kappa shape index (κ3) is 3.06. The van der Waals surface area contributed by atoms with Gasteiger partial charge in [0, 0.05) is 28.4 Å². The van der Waals surface area contributed by atoms with Gasteiger partial charge in [-0.2, -0.15) is 0 Å². The molecule has 0 saturated heterocycles. The maximum absolute atomic E-state index is 6.00. The summed E-state index contributed by atoms with van der Waals surface area (Å²) in [6.45, 7) is 3.07. The first-order valence-electron chi connectivity index (χ1n) is 5.57. The van der Waals surface area contributed by atoms with E-state index in [0.29, 0.717) is 0 Å².